The standard InChI is InChI=1S/C10H17NO/c11-7-6-10(12)8-9-4-2-1-3-5-9/h9-10,12H,1-6,8H2. The summed E-state index contributed by atoms with van der Waals surface area (Å²) in [6, 6.07) is 2.01. The minimum atomic E-state index is -0.377. The molecule has 0 heterocycles. The largest absolute Gasteiger partial charge is 0.392 e. The Morgan fingerprint density at radius 1 is 1.33 bits per heavy atom. The molecule has 1 atom stereocenters. The minimum Gasteiger partial charge on any atom is -0.392 e. The van der Waals surface area contributed by atoms with Crippen LogP contribution in [0.3, 0.4) is 0 Å². The van der Waals surface area contributed by atoms with E-state index in [9.17, 15) is 5.11 Å². The molecule has 0 spiro atoms. The zero-order valence-electron chi connectivity index (χ0n) is 7.50. The predicted octanol–water partition coefficient (Wildman–Crippen LogP) is 2.23. The number of nitrogens with zero attached hydrogens (tertiary/aromatic N) is 1. The zero-order chi connectivity index (χ0) is 8.81. The van der Waals surface area contributed by atoms with Crippen molar-refractivity contribution < 1.29 is 5.11 Å². The minimum absolute atomic E-state index is 0.302. The van der Waals surface area contributed by atoms with Crippen molar-refractivity contribution in [3.8, 4) is 6.07 Å². The van der Waals surface area contributed by atoms with Gasteiger partial charge in [-0.2, -0.15) is 5.26 Å². The summed E-state index contributed by atoms with van der Waals surface area (Å²) < 4.78 is 0. The molecule has 1 aliphatic carbocycles. The fraction of sp³-hybridized carbons (Fsp3) is 0.900. The average Bonchev–Trinajstić information content (AvgIpc) is 2.06. The number of hydrogen-bond donors (Lipinski definition) is 1. The topological polar surface area (TPSA) is 44.0 Å². The van der Waals surface area contributed by atoms with Gasteiger partial charge in [0.15, 0.2) is 0 Å². The third kappa shape index (κ3) is 3.23. The molecule has 0 bridgehead atoms. The molecule has 1 aliphatic rings. The molecule has 0 radical (unpaired) electrons. The monoisotopic (exact) mass is 167 g/mol. The maximum absolute atomic E-state index is 9.38. The molecule has 0 aromatic heterocycles. The van der Waals surface area contributed by atoms with E-state index < -0.39 is 0 Å². The molecule has 2 heteroatoms. The molecule has 0 aromatic rings. The van der Waals surface area contributed by atoms with Gasteiger partial charge in [0.2, 0.25) is 0 Å². The van der Waals surface area contributed by atoms with Crippen LogP contribution in [-0.4, -0.2) is 11.2 Å². The summed E-state index contributed by atoms with van der Waals surface area (Å²) in [5.74, 6) is 0.682. The highest BCUT2D eigenvalue weighted by Gasteiger charge is 2.16. The van der Waals surface area contributed by atoms with Gasteiger partial charge in [0.05, 0.1) is 18.6 Å². The molecular weight excluding hydrogens is 150 g/mol. The van der Waals surface area contributed by atoms with Crippen molar-refractivity contribution in [3.05, 3.63) is 0 Å². The second-order valence-electron chi connectivity index (χ2n) is 3.76. The Balaban J connectivity index is 2.16. The Hall–Kier alpha value is -0.550. The maximum Gasteiger partial charge on any atom is 0.0672 e. The van der Waals surface area contributed by atoms with Crippen molar-refractivity contribution in [2.24, 2.45) is 5.92 Å². The second-order valence-corrected chi connectivity index (χ2v) is 3.76. The van der Waals surface area contributed by atoms with Gasteiger partial charge in [0, 0.05) is 0 Å². The van der Waals surface area contributed by atoms with E-state index >= 15 is 0 Å². The molecule has 0 aliphatic heterocycles. The summed E-state index contributed by atoms with van der Waals surface area (Å²) in [4.78, 5) is 0. The van der Waals surface area contributed by atoms with Crippen LogP contribution in [0.1, 0.15) is 44.9 Å². The first-order chi connectivity index (χ1) is 5.83. The van der Waals surface area contributed by atoms with Crippen LogP contribution >= 0.6 is 0 Å². The van der Waals surface area contributed by atoms with Crippen molar-refractivity contribution in [1.29, 1.82) is 5.26 Å². The van der Waals surface area contributed by atoms with Crippen LogP contribution in [0, 0.1) is 17.2 Å². The second kappa shape index (κ2) is 5.16. The van der Waals surface area contributed by atoms with Gasteiger partial charge in [-0.05, 0) is 12.3 Å². The summed E-state index contributed by atoms with van der Waals surface area (Å²) in [5.41, 5.74) is 0. The molecule has 0 aromatic carbocycles. The lowest BCUT2D eigenvalue weighted by atomic mass is 9.85. The Labute approximate surface area is 74.2 Å². The summed E-state index contributed by atoms with van der Waals surface area (Å²) >= 11 is 0. The number of nitriles is 1. The van der Waals surface area contributed by atoms with E-state index in [-0.39, 0.29) is 6.10 Å². The van der Waals surface area contributed by atoms with Crippen LogP contribution in [0.2, 0.25) is 0 Å². The molecule has 1 N–H and O–H groups in total. The molecule has 1 fully saturated rings. The highest BCUT2D eigenvalue weighted by atomic mass is 16.3. The first-order valence-electron chi connectivity index (χ1n) is 4.88. The van der Waals surface area contributed by atoms with Gasteiger partial charge in [-0.1, -0.05) is 32.1 Å². The van der Waals surface area contributed by atoms with Crippen LogP contribution in [0.4, 0.5) is 0 Å². The summed E-state index contributed by atoms with van der Waals surface area (Å²) in [5, 5.41) is 17.7. The number of aliphatic hydroxyl groups is 1. The third-order valence-corrected chi connectivity index (χ3v) is 2.66. The van der Waals surface area contributed by atoms with Gasteiger partial charge in [-0.15, -0.1) is 0 Å². The highest BCUT2D eigenvalue weighted by molar-refractivity contribution is 4.78. The summed E-state index contributed by atoms with van der Waals surface area (Å²) in [7, 11) is 0. The number of aliphatic hydroxyl groups excluding tert-OH is 1. The predicted molar refractivity (Wildman–Crippen MR) is 47.4 cm³/mol. The van der Waals surface area contributed by atoms with Crippen molar-refractivity contribution in [1.82, 2.24) is 0 Å². The van der Waals surface area contributed by atoms with Gasteiger partial charge in [0.25, 0.3) is 0 Å². The van der Waals surface area contributed by atoms with Crippen LogP contribution in [0.25, 0.3) is 0 Å². The average molecular weight is 167 g/mol. The van der Waals surface area contributed by atoms with Gasteiger partial charge in [-0.3, -0.25) is 0 Å². The SMILES string of the molecule is N#CCC(O)CC1CCCCC1. The number of rotatable bonds is 3. The van der Waals surface area contributed by atoms with Gasteiger partial charge < -0.3 is 5.11 Å². The van der Waals surface area contributed by atoms with Crippen LogP contribution in [-0.2, 0) is 0 Å². The van der Waals surface area contributed by atoms with E-state index in [0.717, 1.165) is 6.42 Å². The molecule has 1 unspecified atom stereocenters. The molecule has 0 saturated heterocycles. The third-order valence-electron chi connectivity index (χ3n) is 2.66. The lowest BCUT2D eigenvalue weighted by Crippen LogP contribution is -2.15. The van der Waals surface area contributed by atoms with Crippen LogP contribution < -0.4 is 0 Å². The quantitative estimate of drug-likeness (QED) is 0.700. The summed E-state index contributed by atoms with van der Waals surface area (Å²) in [6.45, 7) is 0. The van der Waals surface area contributed by atoms with Gasteiger partial charge in [0.1, 0.15) is 0 Å². The molecule has 0 amide bonds. The first kappa shape index (κ1) is 9.54. The van der Waals surface area contributed by atoms with E-state index in [1.54, 1.807) is 0 Å². The molecule has 1 rings (SSSR count). The van der Waals surface area contributed by atoms with Crippen LogP contribution in [0.15, 0.2) is 0 Å². The van der Waals surface area contributed by atoms with Crippen molar-refractivity contribution in [3.63, 3.8) is 0 Å². The van der Waals surface area contributed by atoms with Crippen molar-refractivity contribution in [2.45, 2.75) is 51.0 Å². The van der Waals surface area contributed by atoms with Crippen LogP contribution in [0.5, 0.6) is 0 Å². The van der Waals surface area contributed by atoms with E-state index in [1.165, 1.54) is 32.1 Å². The Morgan fingerprint density at radius 3 is 2.58 bits per heavy atom. The van der Waals surface area contributed by atoms with E-state index in [1.807, 2.05) is 6.07 Å². The van der Waals surface area contributed by atoms with Gasteiger partial charge >= 0.3 is 0 Å². The fourth-order valence-electron chi connectivity index (χ4n) is 2.00. The van der Waals surface area contributed by atoms with Crippen molar-refractivity contribution in [2.75, 3.05) is 0 Å². The molecular formula is C10H17NO. The van der Waals surface area contributed by atoms with Gasteiger partial charge in [-0.25, -0.2) is 0 Å². The smallest absolute Gasteiger partial charge is 0.0672 e. The molecule has 2 nitrogen and oxygen atoms in total. The Kier molecular flexibility index (Phi) is 4.10. The normalized spacial score (nSPS) is 21.7. The Morgan fingerprint density at radius 2 is 2.00 bits per heavy atom. The first-order valence-corrected chi connectivity index (χ1v) is 4.88. The number of hydrogen-bond acceptors (Lipinski definition) is 2. The fourth-order valence-corrected chi connectivity index (χ4v) is 2.00. The van der Waals surface area contributed by atoms with E-state index in [4.69, 9.17) is 5.26 Å². The summed E-state index contributed by atoms with van der Waals surface area (Å²) in [6.07, 6.45) is 7.24. The van der Waals surface area contributed by atoms with Crippen molar-refractivity contribution >= 4 is 0 Å². The van der Waals surface area contributed by atoms with E-state index in [0.29, 0.717) is 12.3 Å². The Bertz CT molecular complexity index is 156. The highest BCUT2D eigenvalue weighted by Crippen LogP contribution is 2.27. The lowest BCUT2D eigenvalue weighted by Gasteiger charge is -2.22. The molecule has 68 valence electrons. The maximum atomic E-state index is 9.38. The lowest BCUT2D eigenvalue weighted by molar-refractivity contribution is 0.134. The zero-order valence-corrected chi connectivity index (χ0v) is 7.50. The molecule has 1 saturated carbocycles. The molecule has 12 heavy (non-hydrogen) atoms. The van der Waals surface area contributed by atoms with E-state index in [2.05, 4.69) is 0 Å².